The van der Waals surface area contributed by atoms with Crippen LogP contribution in [0.2, 0.25) is 10.0 Å². The molecule has 0 spiro atoms. The maximum atomic E-state index is 12.7. The Morgan fingerprint density at radius 2 is 1.69 bits per heavy atom. The first-order chi connectivity index (χ1) is 17.0. The highest BCUT2D eigenvalue weighted by atomic mass is 35.5. The zero-order valence-electron chi connectivity index (χ0n) is 18.8. The van der Waals surface area contributed by atoms with Crippen LogP contribution in [0.25, 0.3) is 11.0 Å². The van der Waals surface area contributed by atoms with Gasteiger partial charge in [-0.25, -0.2) is 4.79 Å². The van der Waals surface area contributed by atoms with Crippen molar-refractivity contribution in [3.8, 4) is 11.8 Å². The molecule has 35 heavy (non-hydrogen) atoms. The third-order valence-electron chi connectivity index (χ3n) is 5.87. The molecule has 0 saturated carbocycles. The molecule has 1 N–H and O–H groups in total. The molecule has 4 aromatic rings. The molecule has 2 amide bonds. The molecule has 1 saturated heterocycles. The van der Waals surface area contributed by atoms with Gasteiger partial charge in [0.1, 0.15) is 0 Å². The molecule has 0 atom stereocenters. The van der Waals surface area contributed by atoms with Crippen LogP contribution in [0.15, 0.2) is 71.3 Å². The van der Waals surface area contributed by atoms with E-state index in [-0.39, 0.29) is 6.03 Å². The fourth-order valence-electron chi connectivity index (χ4n) is 3.99. The van der Waals surface area contributed by atoms with Crippen molar-refractivity contribution >= 4 is 46.0 Å². The molecule has 0 bridgehead atoms. The number of amides is 2. The van der Waals surface area contributed by atoms with E-state index in [1.165, 1.54) is 5.56 Å². The van der Waals surface area contributed by atoms with Crippen molar-refractivity contribution in [2.75, 3.05) is 31.5 Å². The van der Waals surface area contributed by atoms with Gasteiger partial charge in [0.25, 0.3) is 0 Å². The Kier molecular flexibility index (Phi) is 6.91. The van der Waals surface area contributed by atoms with Crippen LogP contribution in [0.3, 0.4) is 0 Å². The monoisotopic (exact) mass is 504 g/mol. The predicted octanol–water partition coefficient (Wildman–Crippen LogP) is 5.88. The maximum Gasteiger partial charge on any atom is 0.323 e. The Balaban J connectivity index is 1.16. The van der Waals surface area contributed by atoms with E-state index in [9.17, 15) is 4.79 Å². The lowest BCUT2D eigenvalue weighted by molar-refractivity contribution is 0.143. The smallest absolute Gasteiger partial charge is 0.323 e. The fourth-order valence-corrected chi connectivity index (χ4v) is 4.29. The third kappa shape index (κ3) is 5.60. The SMILES string of the molecule is O=C(Nc1noc2ccccc12)N1CCN(Cc2cccc(C#Cc3ccc(Cl)c(Cl)c3)c2)CC1. The van der Waals surface area contributed by atoms with Crippen LogP contribution in [0, 0.1) is 11.8 Å². The largest absolute Gasteiger partial charge is 0.354 e. The second-order valence-corrected chi connectivity index (χ2v) is 9.11. The number of carbonyl (C=O) groups is 1. The number of piperazine rings is 1. The Labute approximate surface area is 213 Å². The summed E-state index contributed by atoms with van der Waals surface area (Å²) in [4.78, 5) is 16.9. The van der Waals surface area contributed by atoms with Gasteiger partial charge in [0.05, 0.1) is 15.4 Å². The van der Waals surface area contributed by atoms with Gasteiger partial charge in [0.15, 0.2) is 11.4 Å². The van der Waals surface area contributed by atoms with E-state index in [1.807, 2.05) is 42.5 Å². The highest BCUT2D eigenvalue weighted by molar-refractivity contribution is 6.42. The number of rotatable bonds is 3. The summed E-state index contributed by atoms with van der Waals surface area (Å²) >= 11 is 12.0. The van der Waals surface area contributed by atoms with Gasteiger partial charge in [-0.3, -0.25) is 10.2 Å². The molecule has 1 fully saturated rings. The number of hydrogen-bond acceptors (Lipinski definition) is 4. The summed E-state index contributed by atoms with van der Waals surface area (Å²) in [6.07, 6.45) is 0. The summed E-state index contributed by atoms with van der Waals surface area (Å²) in [6, 6.07) is 20.9. The van der Waals surface area contributed by atoms with E-state index >= 15 is 0 Å². The van der Waals surface area contributed by atoms with Gasteiger partial charge in [-0.15, -0.1) is 0 Å². The molecule has 2 heterocycles. The van der Waals surface area contributed by atoms with Crippen molar-refractivity contribution in [3.63, 3.8) is 0 Å². The summed E-state index contributed by atoms with van der Waals surface area (Å²) in [7, 11) is 0. The van der Waals surface area contributed by atoms with Crippen LogP contribution in [-0.4, -0.2) is 47.2 Å². The lowest BCUT2D eigenvalue weighted by Crippen LogP contribution is -2.49. The van der Waals surface area contributed by atoms with Crippen molar-refractivity contribution < 1.29 is 9.32 Å². The summed E-state index contributed by atoms with van der Waals surface area (Å²) in [5.41, 5.74) is 3.58. The summed E-state index contributed by atoms with van der Waals surface area (Å²) in [6.45, 7) is 3.64. The van der Waals surface area contributed by atoms with Crippen molar-refractivity contribution in [1.29, 1.82) is 0 Å². The van der Waals surface area contributed by atoms with Crippen molar-refractivity contribution in [2.24, 2.45) is 0 Å². The molecule has 6 nitrogen and oxygen atoms in total. The van der Waals surface area contributed by atoms with Crippen LogP contribution >= 0.6 is 23.2 Å². The molecular weight excluding hydrogens is 483 g/mol. The van der Waals surface area contributed by atoms with Crippen LogP contribution in [0.5, 0.6) is 0 Å². The summed E-state index contributed by atoms with van der Waals surface area (Å²) < 4.78 is 5.27. The van der Waals surface area contributed by atoms with Gasteiger partial charge < -0.3 is 9.42 Å². The maximum absolute atomic E-state index is 12.7. The number of nitrogens with one attached hydrogen (secondary N) is 1. The number of hydrogen-bond donors (Lipinski definition) is 1. The Morgan fingerprint density at radius 1 is 0.914 bits per heavy atom. The van der Waals surface area contributed by atoms with Crippen LogP contribution in [-0.2, 0) is 6.54 Å². The molecule has 1 aromatic heterocycles. The number of nitrogens with zero attached hydrogens (tertiary/aromatic N) is 3. The molecular formula is C27H22Cl2N4O2. The quantitative estimate of drug-likeness (QED) is 0.353. The number of para-hydroxylation sites is 1. The molecule has 1 aliphatic rings. The topological polar surface area (TPSA) is 61.6 Å². The van der Waals surface area contributed by atoms with Crippen LogP contribution in [0.1, 0.15) is 16.7 Å². The molecule has 0 aliphatic carbocycles. The van der Waals surface area contributed by atoms with E-state index < -0.39 is 0 Å². The number of urea groups is 1. The first kappa shape index (κ1) is 23.3. The molecule has 0 unspecified atom stereocenters. The van der Waals surface area contributed by atoms with Crippen LogP contribution < -0.4 is 5.32 Å². The minimum Gasteiger partial charge on any atom is -0.354 e. The van der Waals surface area contributed by atoms with Gasteiger partial charge in [-0.1, -0.05) is 64.5 Å². The normalized spacial score (nSPS) is 13.9. The second kappa shape index (κ2) is 10.4. The Bertz CT molecular complexity index is 1430. The number of carbonyl (C=O) groups excluding carboxylic acids is 1. The highest BCUT2D eigenvalue weighted by Gasteiger charge is 2.22. The van der Waals surface area contributed by atoms with Gasteiger partial charge >= 0.3 is 6.03 Å². The van der Waals surface area contributed by atoms with Crippen LogP contribution in [0.4, 0.5) is 10.6 Å². The minimum atomic E-state index is -0.164. The molecule has 5 rings (SSSR count). The third-order valence-corrected chi connectivity index (χ3v) is 6.61. The summed E-state index contributed by atoms with van der Waals surface area (Å²) in [5.74, 6) is 6.78. The minimum absolute atomic E-state index is 0.164. The van der Waals surface area contributed by atoms with Gasteiger partial charge in [-0.2, -0.15) is 0 Å². The molecule has 1 aliphatic heterocycles. The van der Waals surface area contributed by atoms with Crippen molar-refractivity contribution in [3.05, 3.63) is 93.5 Å². The first-order valence-electron chi connectivity index (χ1n) is 11.2. The fraction of sp³-hybridized carbons (Fsp3) is 0.185. The molecule has 3 aromatic carbocycles. The number of aromatic nitrogens is 1. The van der Waals surface area contributed by atoms with Gasteiger partial charge in [0.2, 0.25) is 0 Å². The highest BCUT2D eigenvalue weighted by Crippen LogP contribution is 2.23. The van der Waals surface area contributed by atoms with E-state index in [2.05, 4.69) is 39.3 Å². The number of fused-ring (bicyclic) bond motifs is 1. The lowest BCUT2D eigenvalue weighted by atomic mass is 10.1. The molecule has 8 heteroatoms. The van der Waals surface area contributed by atoms with E-state index in [1.54, 1.807) is 17.0 Å². The first-order valence-corrected chi connectivity index (χ1v) is 12.0. The van der Waals surface area contributed by atoms with Crippen molar-refractivity contribution in [2.45, 2.75) is 6.54 Å². The lowest BCUT2D eigenvalue weighted by Gasteiger charge is -2.34. The Hall–Kier alpha value is -3.50. The summed E-state index contributed by atoms with van der Waals surface area (Å²) in [5, 5.41) is 8.66. The average molecular weight is 505 g/mol. The Morgan fingerprint density at radius 3 is 2.49 bits per heavy atom. The standard InChI is InChI=1S/C27H22Cl2N4O2/c28-23-11-10-20(17-24(23)29)9-8-19-4-3-5-21(16-19)18-32-12-14-33(15-13-32)27(34)30-26-22-6-1-2-7-25(22)35-31-26/h1-7,10-11,16-17H,12-15,18H2,(H,30,31,34). The number of anilines is 1. The zero-order valence-corrected chi connectivity index (χ0v) is 20.3. The van der Waals surface area contributed by atoms with Crippen molar-refractivity contribution in [1.82, 2.24) is 15.0 Å². The van der Waals surface area contributed by atoms with E-state index in [0.29, 0.717) is 34.5 Å². The average Bonchev–Trinajstić information content (AvgIpc) is 3.28. The number of halogens is 2. The predicted molar refractivity (Wildman–Crippen MR) is 139 cm³/mol. The van der Waals surface area contributed by atoms with E-state index in [4.69, 9.17) is 27.7 Å². The molecule has 0 radical (unpaired) electrons. The van der Waals surface area contributed by atoms with Gasteiger partial charge in [0, 0.05) is 43.9 Å². The molecule has 176 valence electrons. The zero-order chi connectivity index (χ0) is 24.2. The van der Waals surface area contributed by atoms with E-state index in [0.717, 1.165) is 36.1 Å². The van der Waals surface area contributed by atoms with Gasteiger partial charge in [-0.05, 0) is 48.0 Å². The second-order valence-electron chi connectivity index (χ2n) is 8.30. The number of benzene rings is 3.